The third kappa shape index (κ3) is 3.19. The molecule has 98 valence electrons. The van der Waals surface area contributed by atoms with Gasteiger partial charge in [0, 0.05) is 19.2 Å². The van der Waals surface area contributed by atoms with Crippen molar-refractivity contribution in [3.05, 3.63) is 47.7 Å². The van der Waals surface area contributed by atoms with Crippen LogP contribution in [0.25, 0.3) is 0 Å². The molecule has 0 saturated heterocycles. The van der Waals surface area contributed by atoms with Crippen molar-refractivity contribution in [3.8, 4) is 5.75 Å². The standard InChI is InChI=1S/C13H14N4O2/c1-14-13(19)10-6-7-12(17-16-10)15-8-9-4-2-3-5-11(9)18/h2-7,18H,8H2,1H3,(H,14,19)(H,15,17). The number of benzene rings is 1. The van der Waals surface area contributed by atoms with Gasteiger partial charge in [-0.25, -0.2) is 0 Å². The van der Waals surface area contributed by atoms with Gasteiger partial charge in [0.1, 0.15) is 11.6 Å². The van der Waals surface area contributed by atoms with E-state index >= 15 is 0 Å². The summed E-state index contributed by atoms with van der Waals surface area (Å²) in [6, 6.07) is 10.3. The molecule has 0 fully saturated rings. The lowest BCUT2D eigenvalue weighted by molar-refractivity contribution is 0.0957. The summed E-state index contributed by atoms with van der Waals surface area (Å²) in [7, 11) is 1.54. The number of carbonyl (C=O) groups excluding carboxylic acids is 1. The molecule has 3 N–H and O–H groups in total. The highest BCUT2D eigenvalue weighted by molar-refractivity contribution is 5.91. The number of para-hydroxylation sites is 1. The number of phenolic OH excluding ortho intramolecular Hbond substituents is 1. The Bertz CT molecular complexity index is 569. The lowest BCUT2D eigenvalue weighted by atomic mass is 10.2. The number of nitrogens with one attached hydrogen (secondary N) is 2. The molecule has 0 radical (unpaired) electrons. The molecule has 0 spiro atoms. The molecule has 2 aromatic rings. The summed E-state index contributed by atoms with van der Waals surface area (Å²) in [5, 5.41) is 22.8. The molecule has 0 saturated carbocycles. The summed E-state index contributed by atoms with van der Waals surface area (Å²) in [6.07, 6.45) is 0. The molecule has 0 unspecified atom stereocenters. The zero-order chi connectivity index (χ0) is 13.7. The number of hydrogen-bond donors (Lipinski definition) is 3. The lowest BCUT2D eigenvalue weighted by Gasteiger charge is -2.07. The van der Waals surface area contributed by atoms with Crippen LogP contribution in [0.15, 0.2) is 36.4 Å². The summed E-state index contributed by atoms with van der Waals surface area (Å²) >= 11 is 0. The Labute approximate surface area is 110 Å². The van der Waals surface area contributed by atoms with E-state index < -0.39 is 0 Å². The third-order valence-electron chi connectivity index (χ3n) is 2.58. The normalized spacial score (nSPS) is 9.95. The first-order valence-electron chi connectivity index (χ1n) is 5.77. The Morgan fingerprint density at radius 3 is 2.63 bits per heavy atom. The minimum Gasteiger partial charge on any atom is -0.508 e. The maximum absolute atomic E-state index is 11.3. The maximum atomic E-state index is 11.3. The van der Waals surface area contributed by atoms with Crippen LogP contribution in [0.4, 0.5) is 5.82 Å². The Morgan fingerprint density at radius 1 is 1.21 bits per heavy atom. The van der Waals surface area contributed by atoms with Crippen LogP contribution in [0, 0.1) is 0 Å². The Balaban J connectivity index is 2.01. The average molecular weight is 258 g/mol. The van der Waals surface area contributed by atoms with Gasteiger partial charge in [-0.2, -0.15) is 0 Å². The van der Waals surface area contributed by atoms with Gasteiger partial charge in [0.15, 0.2) is 5.69 Å². The predicted molar refractivity (Wildman–Crippen MR) is 70.9 cm³/mol. The molecule has 1 aromatic carbocycles. The fraction of sp³-hybridized carbons (Fsp3) is 0.154. The molecule has 2 rings (SSSR count). The highest BCUT2D eigenvalue weighted by Crippen LogP contribution is 2.16. The number of rotatable bonds is 4. The first-order chi connectivity index (χ1) is 9.20. The first kappa shape index (κ1) is 12.8. The van der Waals surface area contributed by atoms with Crippen molar-refractivity contribution in [1.29, 1.82) is 0 Å². The number of phenols is 1. The molecule has 1 aromatic heterocycles. The molecule has 0 bridgehead atoms. The quantitative estimate of drug-likeness (QED) is 0.766. The van der Waals surface area contributed by atoms with E-state index in [4.69, 9.17) is 0 Å². The van der Waals surface area contributed by atoms with Gasteiger partial charge in [0.25, 0.3) is 5.91 Å². The van der Waals surface area contributed by atoms with Gasteiger partial charge in [0.2, 0.25) is 0 Å². The molecule has 19 heavy (non-hydrogen) atoms. The van der Waals surface area contributed by atoms with Crippen LogP contribution in [0.1, 0.15) is 16.1 Å². The molecule has 0 aliphatic rings. The predicted octanol–water partition coefficient (Wildman–Crippen LogP) is 1.15. The SMILES string of the molecule is CNC(=O)c1ccc(NCc2ccccc2O)nn1. The summed E-state index contributed by atoms with van der Waals surface area (Å²) in [6.45, 7) is 0.431. The van der Waals surface area contributed by atoms with Gasteiger partial charge >= 0.3 is 0 Å². The molecule has 1 heterocycles. The number of nitrogens with zero attached hydrogens (tertiary/aromatic N) is 2. The van der Waals surface area contributed by atoms with E-state index in [-0.39, 0.29) is 17.4 Å². The van der Waals surface area contributed by atoms with Crippen molar-refractivity contribution in [2.45, 2.75) is 6.54 Å². The number of hydrogen-bond acceptors (Lipinski definition) is 5. The second-order valence-corrected chi connectivity index (χ2v) is 3.87. The first-order valence-corrected chi connectivity index (χ1v) is 5.77. The van der Waals surface area contributed by atoms with E-state index in [1.165, 1.54) is 7.05 Å². The van der Waals surface area contributed by atoms with E-state index in [0.29, 0.717) is 12.4 Å². The van der Waals surface area contributed by atoms with Crippen molar-refractivity contribution >= 4 is 11.7 Å². The highest BCUT2D eigenvalue weighted by atomic mass is 16.3. The zero-order valence-corrected chi connectivity index (χ0v) is 10.4. The van der Waals surface area contributed by atoms with Crippen molar-refractivity contribution in [3.63, 3.8) is 0 Å². The number of carbonyl (C=O) groups is 1. The van der Waals surface area contributed by atoms with Gasteiger partial charge in [-0.3, -0.25) is 4.79 Å². The van der Waals surface area contributed by atoms with E-state index in [9.17, 15) is 9.90 Å². The fourth-order valence-corrected chi connectivity index (χ4v) is 1.52. The van der Waals surface area contributed by atoms with Crippen molar-refractivity contribution in [1.82, 2.24) is 15.5 Å². The van der Waals surface area contributed by atoms with Gasteiger partial charge in [-0.15, -0.1) is 10.2 Å². The Hall–Kier alpha value is -2.63. The average Bonchev–Trinajstić information content (AvgIpc) is 2.46. The number of aromatic nitrogens is 2. The van der Waals surface area contributed by atoms with Crippen LogP contribution in [-0.4, -0.2) is 28.3 Å². The number of anilines is 1. The van der Waals surface area contributed by atoms with E-state index in [0.717, 1.165) is 5.56 Å². The van der Waals surface area contributed by atoms with Crippen LogP contribution < -0.4 is 10.6 Å². The minimum atomic E-state index is -0.278. The van der Waals surface area contributed by atoms with Crippen molar-refractivity contribution in [2.24, 2.45) is 0 Å². The van der Waals surface area contributed by atoms with E-state index in [1.54, 1.807) is 24.3 Å². The van der Waals surface area contributed by atoms with E-state index in [2.05, 4.69) is 20.8 Å². The van der Waals surface area contributed by atoms with Crippen LogP contribution in [0.5, 0.6) is 5.75 Å². The highest BCUT2D eigenvalue weighted by Gasteiger charge is 2.05. The molecule has 1 amide bonds. The number of aromatic hydroxyl groups is 1. The van der Waals surface area contributed by atoms with Gasteiger partial charge < -0.3 is 15.7 Å². The van der Waals surface area contributed by atoms with Gasteiger partial charge in [0.05, 0.1) is 0 Å². The molecule has 6 nitrogen and oxygen atoms in total. The molecule has 0 aliphatic carbocycles. The second-order valence-electron chi connectivity index (χ2n) is 3.87. The van der Waals surface area contributed by atoms with Crippen LogP contribution in [0.2, 0.25) is 0 Å². The lowest BCUT2D eigenvalue weighted by Crippen LogP contribution is -2.19. The van der Waals surface area contributed by atoms with Crippen LogP contribution in [-0.2, 0) is 6.54 Å². The summed E-state index contributed by atoms with van der Waals surface area (Å²) < 4.78 is 0. The molecule has 0 atom stereocenters. The molecule has 6 heteroatoms. The topological polar surface area (TPSA) is 87.1 Å². The second kappa shape index (κ2) is 5.81. The van der Waals surface area contributed by atoms with Crippen LogP contribution >= 0.6 is 0 Å². The van der Waals surface area contributed by atoms with Crippen LogP contribution in [0.3, 0.4) is 0 Å². The zero-order valence-electron chi connectivity index (χ0n) is 10.4. The van der Waals surface area contributed by atoms with E-state index in [1.807, 2.05) is 12.1 Å². The summed E-state index contributed by atoms with van der Waals surface area (Å²) in [5.41, 5.74) is 1.02. The fourth-order valence-electron chi connectivity index (χ4n) is 1.52. The van der Waals surface area contributed by atoms with Crippen molar-refractivity contribution < 1.29 is 9.90 Å². The smallest absolute Gasteiger partial charge is 0.271 e. The third-order valence-corrected chi connectivity index (χ3v) is 2.58. The van der Waals surface area contributed by atoms with Gasteiger partial charge in [-0.05, 0) is 18.2 Å². The maximum Gasteiger partial charge on any atom is 0.271 e. The minimum absolute atomic E-state index is 0.227. The Morgan fingerprint density at radius 2 is 2.00 bits per heavy atom. The summed E-state index contributed by atoms with van der Waals surface area (Å²) in [5.74, 6) is 0.487. The van der Waals surface area contributed by atoms with Gasteiger partial charge in [-0.1, -0.05) is 18.2 Å². The monoisotopic (exact) mass is 258 g/mol. The number of amides is 1. The molecular formula is C13H14N4O2. The molecular weight excluding hydrogens is 244 g/mol. The summed E-state index contributed by atoms with van der Waals surface area (Å²) in [4.78, 5) is 11.3. The van der Waals surface area contributed by atoms with Crippen molar-refractivity contribution in [2.75, 3.05) is 12.4 Å². The largest absolute Gasteiger partial charge is 0.508 e. The molecule has 0 aliphatic heterocycles. The Kier molecular flexibility index (Phi) is 3.92.